The Morgan fingerprint density at radius 2 is 1.92 bits per heavy atom. The van der Waals surface area contributed by atoms with Gasteiger partial charge in [0.15, 0.2) is 11.6 Å². The lowest BCUT2D eigenvalue weighted by molar-refractivity contribution is -0.144. The van der Waals surface area contributed by atoms with Crippen molar-refractivity contribution in [2.24, 2.45) is 11.8 Å². The number of aromatic nitrogens is 2. The maximum atomic E-state index is 14.7. The number of carboxylic acids is 1. The summed E-state index contributed by atoms with van der Waals surface area (Å²) in [5.41, 5.74) is -0.129. The molecule has 0 aliphatic carbocycles. The number of methoxy groups -OCH3 is 1. The first-order chi connectivity index (χ1) is 18.3. The number of hydrogen-bond donors (Lipinski definition) is 1. The molecule has 0 radical (unpaired) electrons. The van der Waals surface area contributed by atoms with Gasteiger partial charge in [-0.3, -0.25) is 9.59 Å². The molecule has 3 rings (SSSR count). The van der Waals surface area contributed by atoms with Crippen LogP contribution in [0.1, 0.15) is 64.5 Å². The van der Waals surface area contributed by atoms with Crippen LogP contribution in [0.25, 0.3) is 11.0 Å². The number of ether oxygens (including phenoxy) is 2. The van der Waals surface area contributed by atoms with Gasteiger partial charge in [-0.05, 0) is 58.1 Å². The Kier molecular flexibility index (Phi) is 9.93. The first-order valence-electron chi connectivity index (χ1n) is 13.5. The Bertz CT molecular complexity index is 1170. The number of hydrogen-bond acceptors (Lipinski definition) is 6. The summed E-state index contributed by atoms with van der Waals surface area (Å²) in [5, 5.41) is 9.87. The van der Waals surface area contributed by atoms with Crippen molar-refractivity contribution in [3.8, 4) is 0 Å². The monoisotopic (exact) mass is 548 g/mol. The van der Waals surface area contributed by atoms with Crippen molar-refractivity contribution >= 4 is 29.0 Å². The molecule has 1 N–H and O–H groups in total. The second kappa shape index (κ2) is 12.8. The third-order valence-corrected chi connectivity index (χ3v) is 6.59. The van der Waals surface area contributed by atoms with Gasteiger partial charge in [-0.2, -0.15) is 0 Å². The van der Waals surface area contributed by atoms with E-state index in [0.717, 1.165) is 6.42 Å². The first kappa shape index (κ1) is 30.3. The van der Waals surface area contributed by atoms with E-state index in [2.05, 4.69) is 4.98 Å². The highest BCUT2D eigenvalue weighted by atomic mass is 19.1. The number of aryl methyl sites for hydroxylation is 1. The second-order valence-electron chi connectivity index (χ2n) is 11.6. The molecule has 2 amide bonds. The lowest BCUT2D eigenvalue weighted by Gasteiger charge is -2.42. The molecule has 2 atom stereocenters. The van der Waals surface area contributed by atoms with E-state index in [0.29, 0.717) is 31.6 Å². The molecule has 1 aliphatic heterocycles. The molecular weight excluding hydrogens is 507 g/mol. The van der Waals surface area contributed by atoms with Crippen molar-refractivity contribution in [1.29, 1.82) is 0 Å². The molecule has 0 saturated carbocycles. The number of likely N-dealkylation sites (tertiary alicyclic amines) is 1. The number of carboxylic acid groups (broad SMARTS) is 1. The predicted molar refractivity (Wildman–Crippen MR) is 144 cm³/mol. The zero-order chi connectivity index (χ0) is 28.9. The number of halogens is 1. The quantitative estimate of drug-likeness (QED) is 0.438. The number of amides is 2. The minimum Gasteiger partial charge on any atom is -0.481 e. The van der Waals surface area contributed by atoms with Crippen molar-refractivity contribution < 1.29 is 33.4 Å². The van der Waals surface area contributed by atoms with Gasteiger partial charge in [0.25, 0.3) is 5.91 Å². The molecule has 216 valence electrons. The maximum absolute atomic E-state index is 14.7. The number of carbonyl (C=O) groups is 3. The topological polar surface area (TPSA) is 114 Å². The SMILES string of the molecule is COCCCCn1c(C(=O)N(CC(C)C)[C@H]2C[C@@H](C(=O)O)CN(C(=O)OC(C)(C)C)C2)nc2c(F)cccc21. The fourth-order valence-electron chi connectivity index (χ4n) is 4.89. The molecule has 1 fully saturated rings. The molecule has 1 aromatic heterocycles. The smallest absolute Gasteiger partial charge is 0.410 e. The van der Waals surface area contributed by atoms with E-state index >= 15 is 0 Å². The Morgan fingerprint density at radius 1 is 1.21 bits per heavy atom. The molecule has 1 aliphatic rings. The third-order valence-electron chi connectivity index (χ3n) is 6.59. The fourth-order valence-corrected chi connectivity index (χ4v) is 4.89. The minimum atomic E-state index is -1.04. The summed E-state index contributed by atoms with van der Waals surface area (Å²) < 4.78 is 27.1. The number of benzene rings is 1. The van der Waals surface area contributed by atoms with Crippen molar-refractivity contribution in [3.05, 3.63) is 29.8 Å². The summed E-state index contributed by atoms with van der Waals surface area (Å²) in [7, 11) is 1.62. The van der Waals surface area contributed by atoms with Gasteiger partial charge in [0.2, 0.25) is 0 Å². The molecule has 10 nitrogen and oxygen atoms in total. The van der Waals surface area contributed by atoms with Gasteiger partial charge in [-0.25, -0.2) is 14.2 Å². The number of piperidine rings is 1. The Morgan fingerprint density at radius 3 is 2.54 bits per heavy atom. The largest absolute Gasteiger partial charge is 0.481 e. The van der Waals surface area contributed by atoms with Crippen LogP contribution >= 0.6 is 0 Å². The zero-order valence-corrected chi connectivity index (χ0v) is 23.8. The van der Waals surface area contributed by atoms with Gasteiger partial charge < -0.3 is 28.9 Å². The van der Waals surface area contributed by atoms with E-state index in [1.165, 1.54) is 11.0 Å². The van der Waals surface area contributed by atoms with E-state index in [4.69, 9.17) is 9.47 Å². The van der Waals surface area contributed by atoms with Gasteiger partial charge in [-0.1, -0.05) is 19.9 Å². The molecule has 2 heterocycles. The average Bonchev–Trinajstić information content (AvgIpc) is 3.23. The zero-order valence-electron chi connectivity index (χ0n) is 23.8. The summed E-state index contributed by atoms with van der Waals surface area (Å²) in [4.78, 5) is 46.6. The highest BCUT2D eigenvalue weighted by Gasteiger charge is 2.40. The second-order valence-corrected chi connectivity index (χ2v) is 11.6. The molecule has 0 unspecified atom stereocenters. The molecule has 0 spiro atoms. The molecule has 0 bridgehead atoms. The number of unbranched alkanes of at least 4 members (excludes halogenated alkanes) is 1. The van der Waals surface area contributed by atoms with Crippen LogP contribution in [-0.4, -0.2) is 87.4 Å². The van der Waals surface area contributed by atoms with Crippen LogP contribution in [0.4, 0.5) is 9.18 Å². The third kappa shape index (κ3) is 7.68. The van der Waals surface area contributed by atoms with Crippen molar-refractivity contribution in [2.45, 2.75) is 72.1 Å². The Balaban J connectivity index is 2.00. The van der Waals surface area contributed by atoms with Crippen LogP contribution in [0, 0.1) is 17.7 Å². The highest BCUT2D eigenvalue weighted by molar-refractivity contribution is 5.95. The van der Waals surface area contributed by atoms with Crippen molar-refractivity contribution in [2.75, 3.05) is 33.4 Å². The van der Waals surface area contributed by atoms with Crippen LogP contribution in [0.15, 0.2) is 18.2 Å². The number of imidazole rings is 1. The van der Waals surface area contributed by atoms with Crippen molar-refractivity contribution in [1.82, 2.24) is 19.4 Å². The van der Waals surface area contributed by atoms with Crippen LogP contribution in [0.2, 0.25) is 0 Å². The van der Waals surface area contributed by atoms with Crippen LogP contribution in [0.5, 0.6) is 0 Å². The Labute approximate surface area is 229 Å². The normalized spacial score (nSPS) is 18.0. The summed E-state index contributed by atoms with van der Waals surface area (Å²) in [6, 6.07) is 4.04. The number of para-hydroxylation sites is 1. The summed E-state index contributed by atoms with van der Waals surface area (Å²) in [6.07, 6.45) is 0.998. The van der Waals surface area contributed by atoms with Gasteiger partial charge in [0, 0.05) is 39.9 Å². The fraction of sp³-hybridized carbons (Fsp3) is 0.643. The van der Waals surface area contributed by atoms with Gasteiger partial charge in [-0.15, -0.1) is 0 Å². The predicted octanol–water partition coefficient (Wildman–Crippen LogP) is 4.41. The molecule has 11 heteroatoms. The lowest BCUT2D eigenvalue weighted by atomic mass is 9.92. The van der Waals surface area contributed by atoms with Gasteiger partial charge >= 0.3 is 12.1 Å². The summed E-state index contributed by atoms with van der Waals surface area (Å²) in [5.74, 6) is -2.72. The van der Waals surface area contributed by atoms with E-state index in [1.807, 2.05) is 13.8 Å². The summed E-state index contributed by atoms with van der Waals surface area (Å²) >= 11 is 0. The number of rotatable bonds is 10. The number of fused-ring (bicyclic) bond motifs is 1. The summed E-state index contributed by atoms with van der Waals surface area (Å²) in [6.45, 7) is 10.6. The van der Waals surface area contributed by atoms with Crippen LogP contribution in [0.3, 0.4) is 0 Å². The standard InChI is InChI=1S/C28H41FN4O6/c1-18(2)15-33(20-14-19(26(35)36)16-31(17-20)27(37)39-28(3,4)5)25(34)24-30-23-21(29)10-9-11-22(23)32(24)12-7-8-13-38-6/h9-11,18-20H,7-8,12-17H2,1-6H3,(H,35,36)/t19-,20+/m1/s1. The highest BCUT2D eigenvalue weighted by Crippen LogP contribution is 2.27. The molecule has 1 aromatic carbocycles. The maximum Gasteiger partial charge on any atom is 0.410 e. The van der Waals surface area contributed by atoms with E-state index in [9.17, 15) is 23.9 Å². The van der Waals surface area contributed by atoms with E-state index in [1.54, 1.807) is 49.5 Å². The molecular formula is C28H41FN4O6. The lowest BCUT2D eigenvalue weighted by Crippen LogP contribution is -2.57. The minimum absolute atomic E-state index is 0.00627. The van der Waals surface area contributed by atoms with Crippen LogP contribution < -0.4 is 0 Å². The number of aliphatic carboxylic acids is 1. The number of nitrogens with zero attached hydrogens (tertiary/aromatic N) is 4. The van der Waals surface area contributed by atoms with Gasteiger partial charge in [0.1, 0.15) is 11.1 Å². The van der Waals surface area contributed by atoms with E-state index < -0.39 is 41.3 Å². The van der Waals surface area contributed by atoms with Crippen molar-refractivity contribution in [3.63, 3.8) is 0 Å². The first-order valence-corrected chi connectivity index (χ1v) is 13.5. The average molecular weight is 549 g/mol. The Hall–Kier alpha value is -3.21. The molecule has 2 aromatic rings. The number of carbonyl (C=O) groups excluding carboxylic acids is 2. The van der Waals surface area contributed by atoms with Crippen LogP contribution in [-0.2, 0) is 20.8 Å². The van der Waals surface area contributed by atoms with E-state index in [-0.39, 0.29) is 36.8 Å². The molecule has 39 heavy (non-hydrogen) atoms. The van der Waals surface area contributed by atoms with Gasteiger partial charge in [0.05, 0.1) is 17.5 Å². The molecule has 1 saturated heterocycles.